The number of carbonyl (C=O) groups is 2. The molecule has 0 spiro atoms. The summed E-state index contributed by atoms with van der Waals surface area (Å²) in [4.78, 5) is 22.3. The van der Waals surface area contributed by atoms with Gasteiger partial charge in [0.05, 0.1) is 0 Å². The third-order valence-electron chi connectivity index (χ3n) is 4.72. The number of hydrogen-bond donors (Lipinski definition) is 0. The molecule has 156 valence electrons. The fraction of sp³-hybridized carbons (Fsp3) is 0.818. The SMILES string of the molecule is CCCCCCCC/C=C/CCCCCCCC(=O)OCC1COC(=O)O1. The second kappa shape index (κ2) is 16.6. The molecule has 0 aromatic carbocycles. The molecular formula is C22H38O5. The van der Waals surface area contributed by atoms with Crippen LogP contribution in [0.3, 0.4) is 0 Å². The molecule has 1 aliphatic heterocycles. The van der Waals surface area contributed by atoms with Crippen molar-refractivity contribution in [3.63, 3.8) is 0 Å². The van der Waals surface area contributed by atoms with Crippen LogP contribution < -0.4 is 0 Å². The number of cyclic esters (lactones) is 2. The van der Waals surface area contributed by atoms with Gasteiger partial charge in [-0.3, -0.25) is 4.79 Å². The normalized spacial score (nSPS) is 16.5. The van der Waals surface area contributed by atoms with E-state index in [9.17, 15) is 9.59 Å². The Kier molecular flexibility index (Phi) is 14.5. The lowest BCUT2D eigenvalue weighted by Crippen LogP contribution is -2.20. The van der Waals surface area contributed by atoms with Crippen LogP contribution in [0.1, 0.15) is 96.8 Å². The Morgan fingerprint density at radius 3 is 2.15 bits per heavy atom. The minimum atomic E-state index is -0.687. The zero-order chi connectivity index (χ0) is 19.6. The first-order valence-electron chi connectivity index (χ1n) is 10.9. The predicted molar refractivity (Wildman–Crippen MR) is 107 cm³/mol. The Balaban J connectivity index is 1.78. The summed E-state index contributed by atoms with van der Waals surface area (Å²) in [5.41, 5.74) is 0. The molecule has 0 radical (unpaired) electrons. The van der Waals surface area contributed by atoms with Crippen molar-refractivity contribution < 1.29 is 23.8 Å². The molecule has 0 saturated carbocycles. The van der Waals surface area contributed by atoms with Gasteiger partial charge in [0.15, 0.2) is 6.10 Å². The summed E-state index contributed by atoms with van der Waals surface area (Å²) in [6.07, 6.45) is 20.0. The minimum absolute atomic E-state index is 0.0929. The van der Waals surface area contributed by atoms with Crippen LogP contribution in [-0.2, 0) is 19.0 Å². The van der Waals surface area contributed by atoms with Crippen molar-refractivity contribution in [3.8, 4) is 0 Å². The monoisotopic (exact) mass is 382 g/mol. The Morgan fingerprint density at radius 2 is 1.56 bits per heavy atom. The molecule has 0 aliphatic carbocycles. The summed E-state index contributed by atoms with van der Waals surface area (Å²) < 4.78 is 14.5. The van der Waals surface area contributed by atoms with Crippen LogP contribution >= 0.6 is 0 Å². The largest absolute Gasteiger partial charge is 0.508 e. The first-order valence-corrected chi connectivity index (χ1v) is 10.9. The van der Waals surface area contributed by atoms with Gasteiger partial charge >= 0.3 is 12.1 Å². The highest BCUT2D eigenvalue weighted by Crippen LogP contribution is 2.11. The van der Waals surface area contributed by atoms with Gasteiger partial charge in [0.1, 0.15) is 13.2 Å². The smallest absolute Gasteiger partial charge is 0.462 e. The number of allylic oxidation sites excluding steroid dienone is 2. The Morgan fingerprint density at radius 1 is 0.963 bits per heavy atom. The molecule has 0 N–H and O–H groups in total. The van der Waals surface area contributed by atoms with Crippen molar-refractivity contribution in [2.75, 3.05) is 13.2 Å². The molecule has 1 heterocycles. The third kappa shape index (κ3) is 14.2. The lowest BCUT2D eigenvalue weighted by molar-refractivity contribution is -0.146. The van der Waals surface area contributed by atoms with Crippen LogP contribution in [0.4, 0.5) is 4.79 Å². The van der Waals surface area contributed by atoms with Crippen molar-refractivity contribution in [2.24, 2.45) is 0 Å². The van der Waals surface area contributed by atoms with Crippen LogP contribution in [0.25, 0.3) is 0 Å². The molecular weight excluding hydrogens is 344 g/mol. The van der Waals surface area contributed by atoms with E-state index >= 15 is 0 Å². The summed E-state index contributed by atoms with van der Waals surface area (Å²) in [6, 6.07) is 0. The summed E-state index contributed by atoms with van der Waals surface area (Å²) >= 11 is 0. The van der Waals surface area contributed by atoms with Crippen LogP contribution in [0.15, 0.2) is 12.2 Å². The van der Waals surface area contributed by atoms with Crippen molar-refractivity contribution in [1.82, 2.24) is 0 Å². The molecule has 1 atom stereocenters. The molecule has 27 heavy (non-hydrogen) atoms. The highest BCUT2D eigenvalue weighted by molar-refractivity contribution is 5.69. The second-order valence-corrected chi connectivity index (χ2v) is 7.32. The van der Waals surface area contributed by atoms with E-state index in [0.29, 0.717) is 6.42 Å². The van der Waals surface area contributed by atoms with Crippen molar-refractivity contribution in [2.45, 2.75) is 103 Å². The minimum Gasteiger partial charge on any atom is -0.462 e. The van der Waals surface area contributed by atoms with E-state index in [1.165, 1.54) is 64.2 Å². The second-order valence-electron chi connectivity index (χ2n) is 7.32. The zero-order valence-electron chi connectivity index (χ0n) is 17.1. The summed E-state index contributed by atoms with van der Waals surface area (Å²) in [5.74, 6) is -0.226. The quantitative estimate of drug-likeness (QED) is 0.173. The van der Waals surface area contributed by atoms with Gasteiger partial charge in [-0.2, -0.15) is 0 Å². The van der Waals surface area contributed by atoms with Crippen LogP contribution in [-0.4, -0.2) is 31.4 Å². The summed E-state index contributed by atoms with van der Waals surface area (Å²) in [7, 11) is 0. The highest BCUT2D eigenvalue weighted by Gasteiger charge is 2.26. The molecule has 0 amide bonds. The lowest BCUT2D eigenvalue weighted by atomic mass is 10.1. The van der Waals surface area contributed by atoms with Crippen LogP contribution in [0, 0.1) is 0 Å². The fourth-order valence-electron chi connectivity index (χ4n) is 3.05. The predicted octanol–water partition coefficient (Wildman–Crippen LogP) is 6.10. The number of esters is 1. The van der Waals surface area contributed by atoms with E-state index in [4.69, 9.17) is 9.47 Å². The zero-order valence-corrected chi connectivity index (χ0v) is 17.1. The fourth-order valence-corrected chi connectivity index (χ4v) is 3.05. The molecule has 5 heteroatoms. The maximum Gasteiger partial charge on any atom is 0.508 e. The van der Waals surface area contributed by atoms with Gasteiger partial charge in [-0.25, -0.2) is 4.79 Å². The first kappa shape index (κ1) is 23.5. The van der Waals surface area contributed by atoms with Crippen molar-refractivity contribution >= 4 is 12.1 Å². The average Bonchev–Trinajstić information content (AvgIpc) is 3.08. The number of ether oxygens (including phenoxy) is 3. The van der Waals surface area contributed by atoms with E-state index in [0.717, 1.165) is 19.3 Å². The molecule has 5 nitrogen and oxygen atoms in total. The van der Waals surface area contributed by atoms with Crippen molar-refractivity contribution in [1.29, 1.82) is 0 Å². The Labute approximate surface area is 164 Å². The summed E-state index contributed by atoms with van der Waals surface area (Å²) in [5, 5.41) is 0. The third-order valence-corrected chi connectivity index (χ3v) is 4.72. The highest BCUT2D eigenvalue weighted by atomic mass is 16.8. The molecule has 1 unspecified atom stereocenters. The molecule has 1 fully saturated rings. The average molecular weight is 383 g/mol. The maximum atomic E-state index is 11.6. The Hall–Kier alpha value is -1.52. The Bertz CT molecular complexity index is 419. The molecule has 1 rings (SSSR count). The molecule has 0 aromatic rings. The number of hydrogen-bond acceptors (Lipinski definition) is 5. The van der Waals surface area contributed by atoms with E-state index < -0.39 is 12.3 Å². The van der Waals surface area contributed by atoms with Crippen molar-refractivity contribution in [3.05, 3.63) is 12.2 Å². The van der Waals surface area contributed by atoms with Gasteiger partial charge in [-0.1, -0.05) is 70.4 Å². The van der Waals surface area contributed by atoms with Gasteiger partial charge < -0.3 is 14.2 Å². The van der Waals surface area contributed by atoms with E-state index in [1.807, 2.05) is 0 Å². The van der Waals surface area contributed by atoms with Gasteiger partial charge in [-0.15, -0.1) is 0 Å². The number of rotatable bonds is 17. The summed E-state index contributed by atoms with van der Waals surface area (Å²) in [6.45, 7) is 2.51. The van der Waals surface area contributed by atoms with Crippen LogP contribution in [0.5, 0.6) is 0 Å². The molecule has 0 aromatic heterocycles. The van der Waals surface area contributed by atoms with Gasteiger partial charge in [0.2, 0.25) is 0 Å². The first-order chi connectivity index (χ1) is 13.2. The molecule has 1 saturated heterocycles. The molecule has 0 bridgehead atoms. The lowest BCUT2D eigenvalue weighted by Gasteiger charge is -2.07. The molecule has 1 aliphatic rings. The number of carbonyl (C=O) groups excluding carboxylic acids is 2. The van der Waals surface area contributed by atoms with E-state index in [1.54, 1.807) is 0 Å². The van der Waals surface area contributed by atoms with Gasteiger partial charge in [0, 0.05) is 6.42 Å². The topological polar surface area (TPSA) is 61.8 Å². The van der Waals surface area contributed by atoms with Gasteiger partial charge in [0.25, 0.3) is 0 Å². The standard InChI is InChI=1S/C22H38O5/c1-2-3-4-5-6-7-8-9-10-11-12-13-14-15-16-17-21(23)25-18-20-19-26-22(24)27-20/h9-10,20H,2-8,11-19H2,1H3/b10-9+. The number of unbranched alkanes of at least 4 members (excludes halogenated alkanes) is 11. The van der Waals surface area contributed by atoms with E-state index in [2.05, 4.69) is 23.8 Å². The maximum absolute atomic E-state index is 11.6. The van der Waals surface area contributed by atoms with Crippen LogP contribution in [0.2, 0.25) is 0 Å². The van der Waals surface area contributed by atoms with E-state index in [-0.39, 0.29) is 19.2 Å². The van der Waals surface area contributed by atoms with Gasteiger partial charge in [-0.05, 0) is 32.1 Å².